The van der Waals surface area contributed by atoms with Gasteiger partial charge in [-0.05, 0) is 24.5 Å². The number of hydrogen-bond donors (Lipinski definition) is 0. The maximum atomic E-state index is 11.5. The fourth-order valence-corrected chi connectivity index (χ4v) is 1.91. The molecule has 2 rings (SSSR count). The summed E-state index contributed by atoms with van der Waals surface area (Å²) in [6, 6.07) is 9.79. The van der Waals surface area contributed by atoms with Gasteiger partial charge in [0.25, 0.3) is 0 Å². The van der Waals surface area contributed by atoms with Crippen LogP contribution in [-0.2, 0) is 9.53 Å². The Balaban J connectivity index is 2.37. The average molecular weight is 214 g/mol. The third-order valence-electron chi connectivity index (χ3n) is 2.80. The summed E-state index contributed by atoms with van der Waals surface area (Å²) in [6.07, 6.45) is 2.26. The predicted molar refractivity (Wildman–Crippen MR) is 62.8 cm³/mol. The second kappa shape index (κ2) is 4.35. The van der Waals surface area contributed by atoms with Gasteiger partial charge in [-0.3, -0.25) is 0 Å². The first-order valence-corrected chi connectivity index (χ1v) is 5.30. The fraction of sp³-hybridized carbons (Fsp3) is 0.214. The van der Waals surface area contributed by atoms with Crippen LogP contribution in [0.4, 0.5) is 0 Å². The molecule has 1 aromatic rings. The van der Waals surface area contributed by atoms with E-state index in [1.807, 2.05) is 37.3 Å². The van der Waals surface area contributed by atoms with Crippen molar-refractivity contribution < 1.29 is 9.53 Å². The molecule has 1 atom stereocenters. The number of carbonyl (C=O) groups is 1. The van der Waals surface area contributed by atoms with Crippen molar-refractivity contribution in [1.82, 2.24) is 0 Å². The van der Waals surface area contributed by atoms with Gasteiger partial charge in [0.15, 0.2) is 0 Å². The molecule has 1 aliphatic heterocycles. The molecule has 0 saturated carbocycles. The molecule has 16 heavy (non-hydrogen) atoms. The van der Waals surface area contributed by atoms with E-state index in [4.69, 9.17) is 4.74 Å². The summed E-state index contributed by atoms with van der Waals surface area (Å²) >= 11 is 0. The molecular formula is C14H14O2. The molecule has 1 heterocycles. The summed E-state index contributed by atoms with van der Waals surface area (Å²) in [5, 5.41) is 0. The lowest BCUT2D eigenvalue weighted by atomic mass is 9.97. The van der Waals surface area contributed by atoms with E-state index in [-0.39, 0.29) is 12.1 Å². The lowest BCUT2D eigenvalue weighted by Gasteiger charge is -2.13. The first kappa shape index (κ1) is 10.7. The smallest absolute Gasteiger partial charge is 0.334 e. The minimum atomic E-state index is -0.230. The number of rotatable bonds is 3. The SMILES string of the molecule is C=CCC1=C(C)C(=O)OC1c1ccccc1. The summed E-state index contributed by atoms with van der Waals surface area (Å²) in [5.41, 5.74) is 2.75. The van der Waals surface area contributed by atoms with Crippen molar-refractivity contribution in [3.8, 4) is 0 Å². The third kappa shape index (κ3) is 1.78. The highest BCUT2D eigenvalue weighted by molar-refractivity contribution is 5.91. The first-order chi connectivity index (χ1) is 7.74. The zero-order valence-electron chi connectivity index (χ0n) is 9.27. The van der Waals surface area contributed by atoms with Crippen molar-refractivity contribution in [2.45, 2.75) is 19.4 Å². The number of carbonyl (C=O) groups excluding carboxylic acids is 1. The highest BCUT2D eigenvalue weighted by Crippen LogP contribution is 2.36. The van der Waals surface area contributed by atoms with Gasteiger partial charge in [-0.1, -0.05) is 36.4 Å². The van der Waals surface area contributed by atoms with Gasteiger partial charge in [0.2, 0.25) is 0 Å². The van der Waals surface area contributed by atoms with Gasteiger partial charge in [-0.15, -0.1) is 6.58 Å². The second-order valence-electron chi connectivity index (χ2n) is 3.84. The lowest BCUT2D eigenvalue weighted by molar-refractivity contribution is -0.140. The summed E-state index contributed by atoms with van der Waals surface area (Å²) in [4.78, 5) is 11.5. The van der Waals surface area contributed by atoms with Gasteiger partial charge in [0, 0.05) is 5.57 Å². The fourth-order valence-electron chi connectivity index (χ4n) is 1.91. The molecule has 0 spiro atoms. The van der Waals surface area contributed by atoms with Gasteiger partial charge >= 0.3 is 5.97 Å². The summed E-state index contributed by atoms with van der Waals surface area (Å²) in [6.45, 7) is 5.52. The molecule has 0 radical (unpaired) electrons. The number of cyclic esters (lactones) is 1. The van der Waals surface area contributed by atoms with Gasteiger partial charge in [0.1, 0.15) is 6.10 Å². The van der Waals surface area contributed by atoms with Crippen LogP contribution in [-0.4, -0.2) is 5.97 Å². The average Bonchev–Trinajstić information content (AvgIpc) is 2.59. The highest BCUT2D eigenvalue weighted by Gasteiger charge is 2.31. The van der Waals surface area contributed by atoms with Crippen molar-refractivity contribution in [1.29, 1.82) is 0 Å². The zero-order valence-corrected chi connectivity index (χ0v) is 9.27. The molecule has 1 aliphatic rings. The lowest BCUT2D eigenvalue weighted by Crippen LogP contribution is -2.02. The molecule has 0 aliphatic carbocycles. The summed E-state index contributed by atoms with van der Waals surface area (Å²) in [7, 11) is 0. The molecule has 0 N–H and O–H groups in total. The number of ether oxygens (including phenoxy) is 1. The number of hydrogen-bond acceptors (Lipinski definition) is 2. The van der Waals surface area contributed by atoms with Crippen molar-refractivity contribution in [2.75, 3.05) is 0 Å². The van der Waals surface area contributed by atoms with Gasteiger partial charge < -0.3 is 4.74 Å². The molecule has 0 aromatic heterocycles. The van der Waals surface area contributed by atoms with Crippen LogP contribution in [0.3, 0.4) is 0 Å². The summed E-state index contributed by atoms with van der Waals surface area (Å²) in [5.74, 6) is -0.217. The van der Waals surface area contributed by atoms with Crippen molar-refractivity contribution in [3.63, 3.8) is 0 Å². The van der Waals surface area contributed by atoms with E-state index in [1.54, 1.807) is 6.08 Å². The van der Waals surface area contributed by atoms with Crippen LogP contribution in [0.5, 0.6) is 0 Å². The number of allylic oxidation sites excluding steroid dienone is 1. The Morgan fingerprint density at radius 1 is 1.38 bits per heavy atom. The Bertz CT molecular complexity index is 443. The molecule has 0 fully saturated rings. The van der Waals surface area contributed by atoms with Gasteiger partial charge in [0.05, 0.1) is 0 Å². The molecule has 82 valence electrons. The largest absolute Gasteiger partial charge is 0.450 e. The number of esters is 1. The van der Waals surface area contributed by atoms with Crippen molar-refractivity contribution in [2.24, 2.45) is 0 Å². The van der Waals surface area contributed by atoms with Gasteiger partial charge in [-0.25, -0.2) is 4.79 Å². The monoisotopic (exact) mass is 214 g/mol. The topological polar surface area (TPSA) is 26.3 Å². The minimum Gasteiger partial charge on any atom is -0.450 e. The maximum absolute atomic E-state index is 11.5. The minimum absolute atomic E-state index is 0.217. The Kier molecular flexibility index (Phi) is 2.91. The van der Waals surface area contributed by atoms with Crippen LogP contribution in [0.2, 0.25) is 0 Å². The Morgan fingerprint density at radius 2 is 2.06 bits per heavy atom. The molecule has 2 nitrogen and oxygen atoms in total. The quantitative estimate of drug-likeness (QED) is 0.570. The molecule has 0 saturated heterocycles. The van der Waals surface area contributed by atoms with Crippen molar-refractivity contribution >= 4 is 5.97 Å². The van der Waals surface area contributed by atoms with E-state index < -0.39 is 0 Å². The highest BCUT2D eigenvalue weighted by atomic mass is 16.5. The van der Waals surface area contributed by atoms with Crippen LogP contribution >= 0.6 is 0 Å². The van der Waals surface area contributed by atoms with Crippen LogP contribution < -0.4 is 0 Å². The van der Waals surface area contributed by atoms with Gasteiger partial charge in [-0.2, -0.15) is 0 Å². The molecular weight excluding hydrogens is 200 g/mol. The zero-order chi connectivity index (χ0) is 11.5. The van der Waals surface area contributed by atoms with E-state index in [0.29, 0.717) is 12.0 Å². The van der Waals surface area contributed by atoms with Crippen LogP contribution in [0, 0.1) is 0 Å². The van der Waals surface area contributed by atoms with E-state index >= 15 is 0 Å². The Labute approximate surface area is 95.2 Å². The van der Waals surface area contributed by atoms with Crippen LogP contribution in [0.1, 0.15) is 25.0 Å². The Morgan fingerprint density at radius 3 is 2.69 bits per heavy atom. The van der Waals surface area contributed by atoms with E-state index in [1.165, 1.54) is 0 Å². The predicted octanol–water partition coefficient (Wildman–Crippen LogP) is 3.18. The van der Waals surface area contributed by atoms with E-state index in [9.17, 15) is 4.79 Å². The molecule has 1 aromatic carbocycles. The van der Waals surface area contributed by atoms with Crippen LogP contribution in [0.15, 0.2) is 54.1 Å². The standard InChI is InChI=1S/C14H14O2/c1-3-7-12-10(2)14(15)16-13(12)11-8-5-4-6-9-11/h3-6,8-9,13H,1,7H2,2H3. The normalized spacial score (nSPS) is 19.8. The van der Waals surface area contributed by atoms with Crippen LogP contribution in [0.25, 0.3) is 0 Å². The molecule has 0 amide bonds. The second-order valence-corrected chi connectivity index (χ2v) is 3.84. The molecule has 1 unspecified atom stereocenters. The van der Waals surface area contributed by atoms with E-state index in [2.05, 4.69) is 6.58 Å². The molecule has 0 bridgehead atoms. The van der Waals surface area contributed by atoms with E-state index in [0.717, 1.165) is 11.1 Å². The maximum Gasteiger partial charge on any atom is 0.334 e. The summed E-state index contributed by atoms with van der Waals surface area (Å²) < 4.78 is 5.36. The first-order valence-electron chi connectivity index (χ1n) is 5.30. The Hall–Kier alpha value is -1.83. The van der Waals surface area contributed by atoms with Crippen molar-refractivity contribution in [3.05, 3.63) is 59.7 Å². The number of benzene rings is 1. The third-order valence-corrected chi connectivity index (χ3v) is 2.80. The molecule has 2 heteroatoms.